The van der Waals surface area contributed by atoms with Crippen molar-refractivity contribution in [3.8, 4) is 0 Å². The van der Waals surface area contributed by atoms with Gasteiger partial charge in [-0.25, -0.2) is 4.79 Å². The minimum absolute atomic E-state index is 0.0821. The number of furan rings is 1. The Morgan fingerprint density at radius 1 is 1.22 bits per heavy atom. The number of carbonyl (C=O) groups excluding carboxylic acids is 1. The van der Waals surface area contributed by atoms with E-state index in [9.17, 15) is 9.90 Å². The van der Waals surface area contributed by atoms with E-state index in [4.69, 9.17) is 4.42 Å². The minimum Gasteiger partial charge on any atom is -0.463 e. The first-order valence-corrected chi connectivity index (χ1v) is 5.54. The molecule has 0 aliphatic heterocycles. The zero-order valence-corrected chi connectivity index (χ0v) is 10.2. The number of rotatable bonds is 3. The summed E-state index contributed by atoms with van der Waals surface area (Å²) in [7, 11) is 1.28. The van der Waals surface area contributed by atoms with E-state index in [1.165, 1.54) is 13.2 Å². The third-order valence-corrected chi connectivity index (χ3v) is 2.68. The Hall–Kier alpha value is -2.07. The van der Waals surface area contributed by atoms with E-state index in [0.717, 1.165) is 5.56 Å². The fourth-order valence-electron chi connectivity index (χ4n) is 1.62. The van der Waals surface area contributed by atoms with Crippen molar-refractivity contribution in [2.24, 2.45) is 0 Å². The number of aryl methyl sites for hydroxylation is 1. The molecule has 0 saturated carbocycles. The summed E-state index contributed by atoms with van der Waals surface area (Å²) < 4.78 is 9.79. The standard InChI is InChI=1S/C14H14O4/c1-9-3-5-10(6-4-9)13(15)11-7-8-12(18-11)14(16)17-2/h3-8,13,15H,1-2H3. The van der Waals surface area contributed by atoms with Crippen LogP contribution >= 0.6 is 0 Å². The van der Waals surface area contributed by atoms with Gasteiger partial charge in [0.15, 0.2) is 0 Å². The molecule has 18 heavy (non-hydrogen) atoms. The lowest BCUT2D eigenvalue weighted by Crippen LogP contribution is -2.00. The molecule has 0 aliphatic carbocycles. The maximum absolute atomic E-state index is 11.2. The fourth-order valence-corrected chi connectivity index (χ4v) is 1.62. The Bertz CT molecular complexity index is 539. The highest BCUT2D eigenvalue weighted by molar-refractivity contribution is 5.86. The highest BCUT2D eigenvalue weighted by Gasteiger charge is 2.17. The van der Waals surface area contributed by atoms with Gasteiger partial charge in [0.2, 0.25) is 5.76 Å². The first kappa shape index (κ1) is 12.4. The van der Waals surface area contributed by atoms with Crippen molar-refractivity contribution in [3.63, 3.8) is 0 Å². The monoisotopic (exact) mass is 246 g/mol. The van der Waals surface area contributed by atoms with Crippen LogP contribution in [0.2, 0.25) is 0 Å². The van der Waals surface area contributed by atoms with E-state index in [1.54, 1.807) is 6.07 Å². The van der Waals surface area contributed by atoms with E-state index >= 15 is 0 Å². The second-order valence-corrected chi connectivity index (χ2v) is 4.01. The zero-order valence-electron chi connectivity index (χ0n) is 10.2. The molecule has 0 fully saturated rings. The molecule has 0 aliphatic rings. The van der Waals surface area contributed by atoms with Crippen molar-refractivity contribution in [2.45, 2.75) is 13.0 Å². The van der Waals surface area contributed by atoms with Gasteiger partial charge in [-0.3, -0.25) is 0 Å². The maximum Gasteiger partial charge on any atom is 0.373 e. The molecule has 4 nitrogen and oxygen atoms in total. The summed E-state index contributed by atoms with van der Waals surface area (Å²) in [5.74, 6) is -0.157. The average Bonchev–Trinajstić information content (AvgIpc) is 2.87. The predicted molar refractivity (Wildman–Crippen MR) is 65.3 cm³/mol. The van der Waals surface area contributed by atoms with Crippen LogP contribution in [0.4, 0.5) is 0 Å². The van der Waals surface area contributed by atoms with E-state index < -0.39 is 12.1 Å². The number of esters is 1. The summed E-state index contributed by atoms with van der Waals surface area (Å²) in [5, 5.41) is 10.1. The third-order valence-electron chi connectivity index (χ3n) is 2.68. The number of benzene rings is 1. The van der Waals surface area contributed by atoms with Gasteiger partial charge in [-0.2, -0.15) is 0 Å². The van der Waals surface area contributed by atoms with E-state index in [0.29, 0.717) is 11.3 Å². The van der Waals surface area contributed by atoms with Gasteiger partial charge in [0.1, 0.15) is 11.9 Å². The van der Waals surface area contributed by atoms with Gasteiger partial charge in [-0.05, 0) is 24.6 Å². The molecular weight excluding hydrogens is 232 g/mol. The number of ether oxygens (including phenoxy) is 1. The second-order valence-electron chi connectivity index (χ2n) is 4.01. The molecule has 94 valence electrons. The Labute approximate surface area is 105 Å². The fraction of sp³-hybridized carbons (Fsp3) is 0.214. The first-order chi connectivity index (χ1) is 8.61. The van der Waals surface area contributed by atoms with Crippen molar-refractivity contribution >= 4 is 5.97 Å². The summed E-state index contributed by atoms with van der Waals surface area (Å²) in [6, 6.07) is 10.5. The molecule has 2 rings (SSSR count). The van der Waals surface area contributed by atoms with Crippen molar-refractivity contribution in [2.75, 3.05) is 7.11 Å². The largest absolute Gasteiger partial charge is 0.463 e. The van der Waals surface area contributed by atoms with Crippen LogP contribution in [0.3, 0.4) is 0 Å². The lowest BCUT2D eigenvalue weighted by atomic mass is 10.1. The number of carbonyl (C=O) groups is 1. The quantitative estimate of drug-likeness (QED) is 0.845. The smallest absolute Gasteiger partial charge is 0.373 e. The second kappa shape index (κ2) is 5.06. The Balaban J connectivity index is 2.23. The van der Waals surface area contributed by atoms with Crippen molar-refractivity contribution in [1.82, 2.24) is 0 Å². The van der Waals surface area contributed by atoms with Gasteiger partial charge in [-0.15, -0.1) is 0 Å². The van der Waals surface area contributed by atoms with Crippen molar-refractivity contribution in [3.05, 3.63) is 59.0 Å². The maximum atomic E-state index is 11.2. The van der Waals surface area contributed by atoms with Gasteiger partial charge >= 0.3 is 5.97 Å². The molecule has 2 aromatic rings. The Kier molecular flexibility index (Phi) is 3.48. The first-order valence-electron chi connectivity index (χ1n) is 5.54. The number of hydrogen-bond acceptors (Lipinski definition) is 4. The third kappa shape index (κ3) is 2.43. The Morgan fingerprint density at radius 3 is 2.50 bits per heavy atom. The molecule has 0 spiro atoms. The lowest BCUT2D eigenvalue weighted by molar-refractivity contribution is 0.0558. The van der Waals surface area contributed by atoms with Crippen LogP contribution in [-0.2, 0) is 4.74 Å². The molecule has 1 atom stereocenters. The van der Waals surface area contributed by atoms with Gasteiger partial charge in [-0.1, -0.05) is 29.8 Å². The molecule has 0 radical (unpaired) electrons. The molecule has 4 heteroatoms. The molecule has 0 saturated heterocycles. The summed E-state index contributed by atoms with van der Waals surface area (Å²) >= 11 is 0. The number of methoxy groups -OCH3 is 1. The van der Waals surface area contributed by atoms with E-state index in [1.807, 2.05) is 31.2 Å². The van der Waals surface area contributed by atoms with Crippen LogP contribution < -0.4 is 0 Å². The number of aliphatic hydroxyl groups excluding tert-OH is 1. The summed E-state index contributed by atoms with van der Waals surface area (Å²) in [5.41, 5.74) is 1.83. The number of hydrogen-bond donors (Lipinski definition) is 1. The summed E-state index contributed by atoms with van der Waals surface area (Å²) in [6.45, 7) is 1.97. The summed E-state index contributed by atoms with van der Waals surface area (Å²) in [6.07, 6.45) is -0.885. The van der Waals surface area contributed by atoms with Crippen LogP contribution in [-0.4, -0.2) is 18.2 Å². The molecule has 1 heterocycles. The van der Waals surface area contributed by atoms with Crippen LogP contribution in [0.1, 0.15) is 33.5 Å². The molecule has 1 unspecified atom stereocenters. The average molecular weight is 246 g/mol. The van der Waals surface area contributed by atoms with Gasteiger partial charge in [0.05, 0.1) is 7.11 Å². The lowest BCUT2D eigenvalue weighted by Gasteiger charge is -2.08. The van der Waals surface area contributed by atoms with Crippen LogP contribution in [0, 0.1) is 6.92 Å². The summed E-state index contributed by atoms with van der Waals surface area (Å²) in [4.78, 5) is 11.2. The minimum atomic E-state index is -0.885. The molecular formula is C14H14O4. The van der Waals surface area contributed by atoms with Crippen molar-refractivity contribution < 1.29 is 19.1 Å². The Morgan fingerprint density at radius 2 is 1.89 bits per heavy atom. The van der Waals surface area contributed by atoms with Crippen LogP contribution in [0.25, 0.3) is 0 Å². The normalized spacial score (nSPS) is 12.2. The van der Waals surface area contributed by atoms with E-state index in [2.05, 4.69) is 4.74 Å². The highest BCUT2D eigenvalue weighted by atomic mass is 16.5. The predicted octanol–water partition coefficient (Wildman–Crippen LogP) is 2.46. The topological polar surface area (TPSA) is 59.7 Å². The zero-order chi connectivity index (χ0) is 13.1. The molecule has 0 bridgehead atoms. The highest BCUT2D eigenvalue weighted by Crippen LogP contribution is 2.24. The molecule has 0 amide bonds. The van der Waals surface area contributed by atoms with Crippen molar-refractivity contribution in [1.29, 1.82) is 0 Å². The van der Waals surface area contributed by atoms with Crippen LogP contribution in [0.15, 0.2) is 40.8 Å². The number of aliphatic hydroxyl groups is 1. The SMILES string of the molecule is COC(=O)c1ccc(C(O)c2ccc(C)cc2)o1. The van der Waals surface area contributed by atoms with Gasteiger partial charge < -0.3 is 14.3 Å². The van der Waals surface area contributed by atoms with Gasteiger partial charge in [0.25, 0.3) is 0 Å². The molecule has 1 aromatic carbocycles. The van der Waals surface area contributed by atoms with Crippen LogP contribution in [0.5, 0.6) is 0 Å². The molecule has 1 N–H and O–H groups in total. The molecule has 1 aromatic heterocycles. The van der Waals surface area contributed by atoms with E-state index in [-0.39, 0.29) is 5.76 Å². The van der Waals surface area contributed by atoms with Gasteiger partial charge in [0, 0.05) is 0 Å².